The van der Waals surface area contributed by atoms with E-state index in [4.69, 9.17) is 5.73 Å². The zero-order valence-electron chi connectivity index (χ0n) is 15.4. The summed E-state index contributed by atoms with van der Waals surface area (Å²) < 4.78 is 41.0. The second kappa shape index (κ2) is 7.86. The van der Waals surface area contributed by atoms with Crippen molar-refractivity contribution in [1.82, 2.24) is 9.97 Å². The van der Waals surface area contributed by atoms with E-state index in [0.29, 0.717) is 37.7 Å². The first kappa shape index (κ1) is 18.9. The Kier molecular flexibility index (Phi) is 5.11. The Morgan fingerprint density at radius 2 is 1.59 bits per heavy atom. The lowest BCUT2D eigenvalue weighted by molar-refractivity contribution is 0.586. The van der Waals surface area contributed by atoms with Gasteiger partial charge in [0.25, 0.3) is 0 Å². The Labute approximate surface area is 165 Å². The molecule has 0 radical (unpaired) electrons. The van der Waals surface area contributed by atoms with Gasteiger partial charge in [0.05, 0.1) is 11.4 Å². The van der Waals surface area contributed by atoms with Crippen LogP contribution in [-0.2, 0) is 0 Å². The van der Waals surface area contributed by atoms with E-state index in [1.54, 1.807) is 18.2 Å². The van der Waals surface area contributed by atoms with Gasteiger partial charge in [0.2, 0.25) is 0 Å². The minimum Gasteiger partial charge on any atom is -0.393 e. The first-order chi connectivity index (χ1) is 14.0. The van der Waals surface area contributed by atoms with Crippen molar-refractivity contribution in [3.8, 4) is 0 Å². The van der Waals surface area contributed by atoms with Gasteiger partial charge in [-0.15, -0.1) is 0 Å². The molecule has 1 saturated heterocycles. The van der Waals surface area contributed by atoms with Crippen LogP contribution in [0, 0.1) is 17.5 Å². The molecule has 0 atom stereocenters. The number of hydrogen-bond donors (Lipinski definition) is 2. The summed E-state index contributed by atoms with van der Waals surface area (Å²) in [5, 5.41) is 2.78. The largest absolute Gasteiger partial charge is 0.393 e. The highest BCUT2D eigenvalue weighted by molar-refractivity contribution is 5.78. The SMILES string of the molecule is Nc1c(Nc2ccc(F)cc2F)ncnc1N1CCN(c2ccccc2F)CC1. The molecular formula is C20H19F3N6. The van der Waals surface area contributed by atoms with Crippen molar-refractivity contribution in [2.75, 3.05) is 47.0 Å². The van der Waals surface area contributed by atoms with Gasteiger partial charge in [-0.05, 0) is 24.3 Å². The lowest BCUT2D eigenvalue weighted by Gasteiger charge is -2.37. The van der Waals surface area contributed by atoms with Crippen LogP contribution in [0.15, 0.2) is 48.8 Å². The topological polar surface area (TPSA) is 70.3 Å². The van der Waals surface area contributed by atoms with Crippen LogP contribution in [0.5, 0.6) is 0 Å². The second-order valence-electron chi connectivity index (χ2n) is 6.63. The molecule has 29 heavy (non-hydrogen) atoms. The number of halogens is 3. The molecule has 0 aliphatic carbocycles. The number of nitrogens with two attached hydrogens (primary N) is 1. The maximum atomic E-state index is 14.0. The van der Waals surface area contributed by atoms with Crippen LogP contribution in [0.2, 0.25) is 0 Å². The zero-order valence-corrected chi connectivity index (χ0v) is 15.4. The fourth-order valence-corrected chi connectivity index (χ4v) is 3.32. The van der Waals surface area contributed by atoms with Gasteiger partial charge in [-0.2, -0.15) is 0 Å². The standard InChI is InChI=1S/C20H19F3N6/c21-13-5-6-16(15(23)11-13)27-19-18(24)20(26-12-25-19)29-9-7-28(8-10-29)17-4-2-1-3-14(17)22/h1-6,11-12H,7-10,24H2,(H,25,26,27). The predicted octanol–water partition coefficient (Wildman–Crippen LogP) is 3.55. The molecule has 3 N–H and O–H groups in total. The van der Waals surface area contributed by atoms with Crippen LogP contribution in [0.4, 0.5) is 41.9 Å². The average molecular weight is 400 g/mol. The predicted molar refractivity (Wildman–Crippen MR) is 107 cm³/mol. The Balaban J connectivity index is 1.50. The molecule has 3 aromatic rings. The highest BCUT2D eigenvalue weighted by Gasteiger charge is 2.23. The van der Waals surface area contributed by atoms with Crippen molar-refractivity contribution in [2.24, 2.45) is 0 Å². The van der Waals surface area contributed by atoms with Gasteiger partial charge >= 0.3 is 0 Å². The summed E-state index contributed by atoms with van der Waals surface area (Å²) in [4.78, 5) is 12.3. The summed E-state index contributed by atoms with van der Waals surface area (Å²) in [6.45, 7) is 2.36. The van der Waals surface area contributed by atoms with Crippen LogP contribution < -0.4 is 20.9 Å². The van der Waals surface area contributed by atoms with Crippen molar-refractivity contribution >= 4 is 28.7 Å². The molecule has 0 amide bonds. The molecule has 1 aromatic heterocycles. The Morgan fingerprint density at radius 3 is 2.31 bits per heavy atom. The molecule has 0 spiro atoms. The number of hydrogen-bond acceptors (Lipinski definition) is 6. The van der Waals surface area contributed by atoms with E-state index >= 15 is 0 Å². The quantitative estimate of drug-likeness (QED) is 0.698. The average Bonchev–Trinajstić information content (AvgIpc) is 2.72. The summed E-state index contributed by atoms with van der Waals surface area (Å²) in [5.41, 5.74) is 7.10. The van der Waals surface area contributed by atoms with Gasteiger partial charge in [-0.25, -0.2) is 23.1 Å². The number of benzene rings is 2. The van der Waals surface area contributed by atoms with Crippen molar-refractivity contribution < 1.29 is 13.2 Å². The van der Waals surface area contributed by atoms with Crippen LogP contribution in [0.25, 0.3) is 0 Å². The van der Waals surface area contributed by atoms with Crippen molar-refractivity contribution in [3.05, 3.63) is 66.2 Å². The van der Waals surface area contributed by atoms with Gasteiger partial charge in [0.15, 0.2) is 11.6 Å². The fourth-order valence-electron chi connectivity index (χ4n) is 3.32. The van der Waals surface area contributed by atoms with E-state index in [2.05, 4.69) is 15.3 Å². The van der Waals surface area contributed by atoms with Gasteiger partial charge in [-0.3, -0.25) is 0 Å². The number of piperazine rings is 1. The third-order valence-corrected chi connectivity index (χ3v) is 4.82. The van der Waals surface area contributed by atoms with Crippen LogP contribution >= 0.6 is 0 Å². The molecule has 1 fully saturated rings. The number of para-hydroxylation sites is 1. The summed E-state index contributed by atoms with van der Waals surface area (Å²) in [6, 6.07) is 9.86. The third-order valence-electron chi connectivity index (χ3n) is 4.82. The molecule has 2 aromatic carbocycles. The monoisotopic (exact) mass is 400 g/mol. The van der Waals surface area contributed by atoms with Gasteiger partial charge in [0, 0.05) is 32.2 Å². The smallest absolute Gasteiger partial charge is 0.159 e. The Morgan fingerprint density at radius 1 is 0.862 bits per heavy atom. The number of anilines is 5. The molecular weight excluding hydrogens is 381 g/mol. The van der Waals surface area contributed by atoms with E-state index in [-0.39, 0.29) is 23.0 Å². The summed E-state index contributed by atoms with van der Waals surface area (Å²) in [5.74, 6) is -0.925. The van der Waals surface area contributed by atoms with Gasteiger partial charge < -0.3 is 20.9 Å². The molecule has 1 aliphatic rings. The number of nitrogens with zero attached hydrogens (tertiary/aromatic N) is 4. The Hall–Kier alpha value is -3.49. The van der Waals surface area contributed by atoms with Gasteiger partial charge in [0.1, 0.15) is 29.5 Å². The maximum absolute atomic E-state index is 14.0. The minimum atomic E-state index is -0.747. The van der Waals surface area contributed by atoms with Crippen molar-refractivity contribution in [2.45, 2.75) is 0 Å². The Bertz CT molecular complexity index is 1020. The van der Waals surface area contributed by atoms with E-state index in [1.807, 2.05) is 9.80 Å². The first-order valence-electron chi connectivity index (χ1n) is 9.10. The molecule has 2 heterocycles. The van der Waals surface area contributed by atoms with Crippen molar-refractivity contribution in [3.63, 3.8) is 0 Å². The number of rotatable bonds is 4. The summed E-state index contributed by atoms with van der Waals surface area (Å²) in [6.07, 6.45) is 1.33. The zero-order chi connectivity index (χ0) is 20.4. The molecule has 6 nitrogen and oxygen atoms in total. The normalized spacial score (nSPS) is 14.2. The van der Waals surface area contributed by atoms with E-state index < -0.39 is 11.6 Å². The molecule has 4 rings (SSSR count). The molecule has 0 saturated carbocycles. The number of nitrogens with one attached hydrogen (secondary N) is 1. The lowest BCUT2D eigenvalue weighted by Crippen LogP contribution is -2.47. The third kappa shape index (κ3) is 3.89. The highest BCUT2D eigenvalue weighted by atomic mass is 19.1. The summed E-state index contributed by atoms with van der Waals surface area (Å²) >= 11 is 0. The van der Waals surface area contributed by atoms with Crippen molar-refractivity contribution in [1.29, 1.82) is 0 Å². The maximum Gasteiger partial charge on any atom is 0.159 e. The van der Waals surface area contributed by atoms with Gasteiger partial charge in [-0.1, -0.05) is 12.1 Å². The molecule has 0 unspecified atom stereocenters. The van der Waals surface area contributed by atoms with Crippen LogP contribution in [0.3, 0.4) is 0 Å². The second-order valence-corrected chi connectivity index (χ2v) is 6.63. The molecule has 9 heteroatoms. The molecule has 0 bridgehead atoms. The summed E-state index contributed by atoms with van der Waals surface area (Å²) in [7, 11) is 0. The fraction of sp³-hybridized carbons (Fsp3) is 0.200. The minimum absolute atomic E-state index is 0.0622. The first-order valence-corrected chi connectivity index (χ1v) is 9.10. The van der Waals surface area contributed by atoms with Crippen LogP contribution in [0.1, 0.15) is 0 Å². The van der Waals surface area contributed by atoms with E-state index in [0.717, 1.165) is 12.1 Å². The number of nitrogen functional groups attached to an aromatic ring is 1. The van der Waals surface area contributed by atoms with E-state index in [9.17, 15) is 13.2 Å². The number of aromatic nitrogens is 2. The molecule has 150 valence electrons. The lowest BCUT2D eigenvalue weighted by atomic mass is 10.2. The van der Waals surface area contributed by atoms with E-state index in [1.165, 1.54) is 18.5 Å². The highest BCUT2D eigenvalue weighted by Crippen LogP contribution is 2.31. The van der Waals surface area contributed by atoms with Crippen LogP contribution in [-0.4, -0.2) is 36.1 Å². The molecule has 1 aliphatic heterocycles.